The minimum absolute atomic E-state index is 0.379. The summed E-state index contributed by atoms with van der Waals surface area (Å²) in [5.41, 5.74) is 15.6. The highest BCUT2D eigenvalue weighted by molar-refractivity contribution is 6.40. The van der Waals surface area contributed by atoms with Crippen LogP contribution in [0.4, 0.5) is 17.1 Å². The Bertz CT molecular complexity index is 1080. The predicted molar refractivity (Wildman–Crippen MR) is 134 cm³/mol. The van der Waals surface area contributed by atoms with E-state index in [-0.39, 0.29) is 0 Å². The minimum atomic E-state index is -1.32. The Labute approximate surface area is 199 Å². The van der Waals surface area contributed by atoms with Gasteiger partial charge < -0.3 is 35.6 Å². The van der Waals surface area contributed by atoms with Crippen molar-refractivity contribution < 1.29 is 9.47 Å². The summed E-state index contributed by atoms with van der Waals surface area (Å²) in [6, 6.07) is 11.3. The van der Waals surface area contributed by atoms with Gasteiger partial charge in [-0.05, 0) is 37.4 Å². The molecule has 2 aromatic carbocycles. The number of anilines is 3. The Morgan fingerprint density at radius 2 is 1.79 bits per heavy atom. The number of nitrogens with zero attached hydrogens (tertiary/aromatic N) is 3. The van der Waals surface area contributed by atoms with Crippen LogP contribution in [0.3, 0.4) is 0 Å². The quantitative estimate of drug-likeness (QED) is 0.475. The van der Waals surface area contributed by atoms with Crippen LogP contribution in [0.2, 0.25) is 0 Å². The van der Waals surface area contributed by atoms with Crippen molar-refractivity contribution in [2.24, 2.45) is 10.7 Å². The Kier molecular flexibility index (Phi) is 6.55. The van der Waals surface area contributed by atoms with Crippen molar-refractivity contribution in [3.05, 3.63) is 52.8 Å². The zero-order valence-corrected chi connectivity index (χ0v) is 19.8. The molecule has 0 radical (unpaired) electrons. The number of halogens is 1. The number of nitrogen functional groups attached to an aromatic ring is 1. The van der Waals surface area contributed by atoms with Crippen molar-refractivity contribution in [3.8, 4) is 11.5 Å². The van der Waals surface area contributed by atoms with Crippen LogP contribution in [0.1, 0.15) is 5.56 Å². The molecule has 10 heteroatoms. The van der Waals surface area contributed by atoms with Crippen LogP contribution in [-0.4, -0.2) is 58.6 Å². The molecule has 176 valence electrons. The van der Waals surface area contributed by atoms with E-state index in [1.54, 1.807) is 32.4 Å². The first-order valence-electron chi connectivity index (χ1n) is 10.7. The fourth-order valence-electron chi connectivity index (χ4n) is 3.94. The van der Waals surface area contributed by atoms with Gasteiger partial charge in [-0.3, -0.25) is 5.73 Å². The summed E-state index contributed by atoms with van der Waals surface area (Å²) in [7, 11) is 5.35. The summed E-state index contributed by atoms with van der Waals surface area (Å²) >= 11 is 6.45. The summed E-state index contributed by atoms with van der Waals surface area (Å²) in [4.78, 5) is 9.08. The highest BCUT2D eigenvalue weighted by Gasteiger charge is 2.34. The van der Waals surface area contributed by atoms with Crippen molar-refractivity contribution >= 4 is 34.9 Å². The van der Waals surface area contributed by atoms with Crippen molar-refractivity contribution in [1.82, 2.24) is 10.2 Å². The van der Waals surface area contributed by atoms with Gasteiger partial charge in [-0.15, -0.1) is 0 Å². The number of hydrogen-bond acceptors (Lipinski definition) is 9. The Hall–Kier alpha value is -3.14. The summed E-state index contributed by atoms with van der Waals surface area (Å²) in [5, 5.41) is 6.87. The number of nitrogens with two attached hydrogens (primary N) is 2. The molecule has 1 saturated heterocycles. The number of aliphatic imine (C=N–C) groups is 1. The van der Waals surface area contributed by atoms with Gasteiger partial charge in [-0.25, -0.2) is 4.99 Å². The molecule has 9 nitrogen and oxygen atoms in total. The smallest absolute Gasteiger partial charge is 0.214 e. The predicted octanol–water partition coefficient (Wildman–Crippen LogP) is 2.30. The van der Waals surface area contributed by atoms with E-state index in [0.717, 1.165) is 37.6 Å². The molecular formula is C23H30ClN7O2. The molecule has 2 heterocycles. The molecule has 0 bridgehead atoms. The van der Waals surface area contributed by atoms with Gasteiger partial charge in [0, 0.05) is 49.8 Å². The Morgan fingerprint density at radius 3 is 2.48 bits per heavy atom. The van der Waals surface area contributed by atoms with Crippen LogP contribution in [0.5, 0.6) is 11.5 Å². The van der Waals surface area contributed by atoms with Gasteiger partial charge in [0.15, 0.2) is 0 Å². The highest BCUT2D eigenvalue weighted by atomic mass is 35.5. The number of nitrogens with one attached hydrogen (secondary N) is 2. The second-order valence-electron chi connectivity index (χ2n) is 8.13. The van der Waals surface area contributed by atoms with Gasteiger partial charge >= 0.3 is 0 Å². The molecule has 0 aliphatic carbocycles. The van der Waals surface area contributed by atoms with Crippen molar-refractivity contribution in [3.63, 3.8) is 0 Å². The summed E-state index contributed by atoms with van der Waals surface area (Å²) in [6.07, 6.45) is 1.51. The number of likely N-dealkylation sites (N-methyl/N-ethyl adjacent to an activating group) is 1. The molecule has 1 unspecified atom stereocenters. The third-order valence-corrected chi connectivity index (χ3v) is 6.17. The Balaban J connectivity index is 1.58. The average Bonchev–Trinajstić information content (AvgIpc) is 2.82. The van der Waals surface area contributed by atoms with Crippen LogP contribution >= 0.6 is 11.6 Å². The van der Waals surface area contributed by atoms with E-state index >= 15 is 0 Å². The number of allylic oxidation sites excluding steroid dienone is 1. The lowest BCUT2D eigenvalue weighted by Crippen LogP contribution is -2.51. The number of piperazine rings is 1. The number of benzene rings is 2. The third-order valence-electron chi connectivity index (χ3n) is 5.88. The normalized spacial score (nSPS) is 21.1. The number of ether oxygens (including phenoxy) is 2. The lowest BCUT2D eigenvalue weighted by atomic mass is 10.1. The molecule has 1 fully saturated rings. The number of rotatable bonds is 6. The van der Waals surface area contributed by atoms with Crippen LogP contribution in [-0.2, 0) is 5.79 Å². The third kappa shape index (κ3) is 4.80. The van der Waals surface area contributed by atoms with Crippen molar-refractivity contribution in [1.29, 1.82) is 0 Å². The number of hydrogen-bond donors (Lipinski definition) is 4. The van der Waals surface area contributed by atoms with Crippen LogP contribution < -0.4 is 36.5 Å². The van der Waals surface area contributed by atoms with Crippen molar-refractivity contribution in [2.45, 2.75) is 5.79 Å². The van der Waals surface area contributed by atoms with E-state index in [4.69, 9.17) is 32.5 Å². The second kappa shape index (κ2) is 9.38. The maximum Gasteiger partial charge on any atom is 0.214 e. The monoisotopic (exact) mass is 471 g/mol. The molecule has 0 amide bonds. The van der Waals surface area contributed by atoms with Gasteiger partial charge in [-0.2, -0.15) is 0 Å². The molecule has 6 N–H and O–H groups in total. The molecule has 0 aromatic heterocycles. The lowest BCUT2D eigenvalue weighted by molar-refractivity contribution is 0.312. The molecule has 33 heavy (non-hydrogen) atoms. The van der Waals surface area contributed by atoms with E-state index in [2.05, 4.69) is 38.5 Å². The van der Waals surface area contributed by atoms with Gasteiger partial charge in [-0.1, -0.05) is 11.6 Å². The maximum absolute atomic E-state index is 6.62. The molecule has 2 aliphatic rings. The first-order chi connectivity index (χ1) is 15.8. The second-order valence-corrected chi connectivity index (χ2v) is 8.54. The standard InChI is InChI=1S/C23H30ClN7O2/c1-30-8-10-31(11-9-30)16-5-6-19(21(13-16)33-3)28-22-18(24)14-27-23(26,29-22)17-12-15(25)4-7-20(17)32-2/h4-7,12-14,28-29H,8-11,25-26H2,1-3H3. The lowest BCUT2D eigenvalue weighted by Gasteiger charge is -2.35. The first-order valence-corrected chi connectivity index (χ1v) is 11.1. The molecule has 2 aromatic rings. The van der Waals surface area contributed by atoms with Crippen LogP contribution in [0.15, 0.2) is 52.2 Å². The largest absolute Gasteiger partial charge is 0.496 e. The zero-order chi connectivity index (χ0) is 23.6. The van der Waals surface area contributed by atoms with Crippen LogP contribution in [0, 0.1) is 0 Å². The number of methoxy groups -OCH3 is 2. The molecule has 4 rings (SSSR count). The molecule has 1 atom stereocenters. The summed E-state index contributed by atoms with van der Waals surface area (Å²) < 4.78 is 11.1. The van der Waals surface area contributed by atoms with Gasteiger partial charge in [0.25, 0.3) is 0 Å². The summed E-state index contributed by atoms with van der Waals surface area (Å²) in [6.45, 7) is 4.00. The van der Waals surface area contributed by atoms with E-state index in [1.165, 1.54) is 6.21 Å². The first kappa shape index (κ1) is 23.0. The van der Waals surface area contributed by atoms with Gasteiger partial charge in [0.2, 0.25) is 5.79 Å². The molecule has 0 saturated carbocycles. The minimum Gasteiger partial charge on any atom is -0.496 e. The highest BCUT2D eigenvalue weighted by Crippen LogP contribution is 2.35. The molecular weight excluding hydrogens is 442 g/mol. The van der Waals surface area contributed by atoms with Crippen molar-refractivity contribution in [2.75, 3.05) is 63.4 Å². The fourth-order valence-corrected chi connectivity index (χ4v) is 4.08. The molecule has 2 aliphatic heterocycles. The molecule has 0 spiro atoms. The Morgan fingerprint density at radius 1 is 1.06 bits per heavy atom. The topological polar surface area (TPSA) is 113 Å². The van der Waals surface area contributed by atoms with E-state index in [9.17, 15) is 0 Å². The van der Waals surface area contributed by atoms with E-state index in [0.29, 0.717) is 33.6 Å². The average molecular weight is 472 g/mol. The SMILES string of the molecule is COc1cc(N2CCN(C)CC2)ccc1NC1=C(Cl)C=NC(N)(c2cc(N)ccc2OC)N1. The fraction of sp³-hybridized carbons (Fsp3) is 0.348. The van der Waals surface area contributed by atoms with Gasteiger partial charge in [0.1, 0.15) is 17.3 Å². The zero-order valence-electron chi connectivity index (χ0n) is 19.1. The van der Waals surface area contributed by atoms with Crippen LogP contribution in [0.25, 0.3) is 0 Å². The maximum atomic E-state index is 6.62. The summed E-state index contributed by atoms with van der Waals surface area (Å²) in [5.74, 6) is 0.415. The van der Waals surface area contributed by atoms with E-state index < -0.39 is 5.79 Å². The van der Waals surface area contributed by atoms with Gasteiger partial charge in [0.05, 0.1) is 30.5 Å². The van der Waals surface area contributed by atoms with E-state index in [1.807, 2.05) is 12.1 Å².